The van der Waals surface area contributed by atoms with Gasteiger partial charge in [-0.05, 0) is 157 Å². The van der Waals surface area contributed by atoms with Gasteiger partial charge < -0.3 is 49.2 Å². The minimum atomic E-state index is -0.517. The number of thioether (sulfide) groups is 4. The number of hydrogen-bond donors (Lipinski definition) is 2. The quantitative estimate of drug-likeness (QED) is 0.0343. The molecule has 14 nitrogen and oxygen atoms in total. The number of rotatable bonds is 39. The Morgan fingerprint density at radius 1 is 0.486 bits per heavy atom. The van der Waals surface area contributed by atoms with E-state index in [9.17, 15) is 19.2 Å². The van der Waals surface area contributed by atoms with E-state index in [0.717, 1.165) is 113 Å². The van der Waals surface area contributed by atoms with Crippen LogP contribution in [0.3, 0.4) is 0 Å². The highest BCUT2D eigenvalue weighted by Gasteiger charge is 2.37. The Hall–Kier alpha value is -1.28. The second-order valence-electron chi connectivity index (χ2n) is 21.9. The Balaban J connectivity index is 1.57. The maximum Gasteiger partial charge on any atom is 0.407 e. The summed E-state index contributed by atoms with van der Waals surface area (Å²) < 4.78 is 21.8. The molecule has 2 rings (SSSR count). The van der Waals surface area contributed by atoms with Gasteiger partial charge >= 0.3 is 24.1 Å². The maximum absolute atomic E-state index is 13.2. The van der Waals surface area contributed by atoms with E-state index in [-0.39, 0.29) is 50.2 Å². The Morgan fingerprint density at radius 3 is 1.18 bits per heavy atom. The molecule has 8 atom stereocenters. The van der Waals surface area contributed by atoms with Crippen molar-refractivity contribution in [3.8, 4) is 0 Å². The summed E-state index contributed by atoms with van der Waals surface area (Å²) in [6.45, 7) is 14.7. The molecule has 2 aliphatic carbocycles. The van der Waals surface area contributed by atoms with Crippen LogP contribution in [0.15, 0.2) is 0 Å². The van der Waals surface area contributed by atoms with Gasteiger partial charge in [-0.2, -0.15) is 47.0 Å². The molecule has 0 spiro atoms. The number of amides is 2. The predicted octanol–water partition coefficient (Wildman–Crippen LogP) is 9.44. The van der Waals surface area contributed by atoms with Gasteiger partial charge in [-0.1, -0.05) is 40.5 Å². The minimum absolute atomic E-state index is 0.0228. The zero-order valence-electron chi connectivity index (χ0n) is 47.3. The molecule has 0 heterocycles. The van der Waals surface area contributed by atoms with Crippen molar-refractivity contribution in [1.29, 1.82) is 0 Å². The van der Waals surface area contributed by atoms with Gasteiger partial charge in [0.25, 0.3) is 0 Å². The molecule has 2 aliphatic rings. The fourth-order valence-corrected chi connectivity index (χ4v) is 15.6. The molecule has 2 saturated carbocycles. The van der Waals surface area contributed by atoms with Crippen molar-refractivity contribution in [2.45, 2.75) is 139 Å². The van der Waals surface area contributed by atoms with Crippen molar-refractivity contribution in [2.24, 2.45) is 35.5 Å². The predicted molar refractivity (Wildman–Crippen MR) is 308 cm³/mol. The summed E-state index contributed by atoms with van der Waals surface area (Å²) >= 11 is 8.26. The van der Waals surface area contributed by atoms with Crippen LogP contribution >= 0.6 is 47.0 Å². The lowest BCUT2D eigenvalue weighted by Gasteiger charge is -2.36. The van der Waals surface area contributed by atoms with Gasteiger partial charge in [0.1, 0.15) is 26.4 Å². The van der Waals surface area contributed by atoms with Gasteiger partial charge in [0.05, 0.1) is 11.8 Å². The highest BCUT2D eigenvalue weighted by Crippen LogP contribution is 2.42. The second kappa shape index (κ2) is 40.0. The van der Waals surface area contributed by atoms with Gasteiger partial charge in [-0.25, -0.2) is 9.59 Å². The van der Waals surface area contributed by atoms with Crippen LogP contribution in [-0.4, -0.2) is 210 Å². The molecule has 72 heavy (non-hydrogen) atoms. The summed E-state index contributed by atoms with van der Waals surface area (Å²) in [6, 6.07) is 0. The van der Waals surface area contributed by atoms with Gasteiger partial charge in [0, 0.05) is 83.3 Å². The maximum atomic E-state index is 13.2. The molecule has 0 aromatic carbocycles. The molecule has 2 fully saturated rings. The summed E-state index contributed by atoms with van der Waals surface area (Å²) in [4.78, 5) is 59.9. The molecule has 18 heteroatoms. The second-order valence-corrected chi connectivity index (χ2v) is 27.3. The molecular formula is C54H104N6O8S4. The number of esters is 2. The lowest BCUT2D eigenvalue weighted by atomic mass is 9.79. The molecule has 2 amide bonds. The summed E-state index contributed by atoms with van der Waals surface area (Å²) in [7, 11) is 17.0. The van der Waals surface area contributed by atoms with E-state index in [0.29, 0.717) is 57.8 Å². The summed E-state index contributed by atoms with van der Waals surface area (Å²) in [5.41, 5.74) is 0. The zero-order valence-corrected chi connectivity index (χ0v) is 50.5. The molecule has 0 aromatic rings. The van der Waals surface area contributed by atoms with Crippen LogP contribution in [-0.2, 0) is 28.5 Å². The Labute approximate surface area is 456 Å². The zero-order chi connectivity index (χ0) is 53.3. The lowest BCUT2D eigenvalue weighted by Crippen LogP contribution is -2.34. The Morgan fingerprint density at radius 2 is 0.833 bits per heavy atom. The molecule has 0 aromatic heterocycles. The van der Waals surface area contributed by atoms with Crippen molar-refractivity contribution in [2.75, 3.05) is 145 Å². The molecular weight excluding hydrogens is 989 g/mol. The van der Waals surface area contributed by atoms with Crippen LogP contribution < -0.4 is 10.6 Å². The van der Waals surface area contributed by atoms with Crippen LogP contribution in [0.5, 0.6) is 0 Å². The first kappa shape index (κ1) is 66.8. The molecule has 0 radical (unpaired) electrons. The van der Waals surface area contributed by atoms with Crippen LogP contribution in [0.25, 0.3) is 0 Å². The van der Waals surface area contributed by atoms with E-state index in [4.69, 9.17) is 18.9 Å². The van der Waals surface area contributed by atoms with E-state index in [1.807, 2.05) is 23.5 Å². The standard InChI is InChI=1S/C54H104N6O8S4/c1-41(2)47(69-35-27-57(5)6)23-21-43-17-19-45(39-49(43)71-37-29-59(9)10)51(61)65-31-33-67-53(63)55-25-15-13-14-16-26-56-54(64)68-34-32-66-52(62)46-20-18-44(50(40-46)72-38-30-60(11)12)22-24-48(42(3)4)70-36-28-58(7)8/h41-50H,13-40H2,1-12H3,(H,55,63)(H,56,64). The van der Waals surface area contributed by atoms with Crippen LogP contribution in [0.4, 0.5) is 9.59 Å². The Kier molecular flexibility index (Phi) is 37.1. The number of unbranched alkanes of at least 4 members (excludes halogenated alkanes) is 3. The third kappa shape index (κ3) is 31.7. The molecule has 422 valence electrons. The summed E-state index contributed by atoms with van der Waals surface area (Å²) in [5, 5.41) is 7.74. The van der Waals surface area contributed by atoms with Crippen LogP contribution in [0.2, 0.25) is 0 Å². The molecule has 0 bridgehead atoms. The van der Waals surface area contributed by atoms with Gasteiger partial charge in [0.2, 0.25) is 0 Å². The van der Waals surface area contributed by atoms with Crippen molar-refractivity contribution in [1.82, 2.24) is 30.2 Å². The average molecular weight is 1090 g/mol. The first-order valence-corrected chi connectivity index (χ1v) is 31.7. The van der Waals surface area contributed by atoms with E-state index in [2.05, 4.69) is 138 Å². The minimum Gasteiger partial charge on any atom is -0.462 e. The molecule has 0 saturated heterocycles. The largest absolute Gasteiger partial charge is 0.462 e. The first-order chi connectivity index (χ1) is 34.4. The van der Waals surface area contributed by atoms with Crippen molar-refractivity contribution in [3.63, 3.8) is 0 Å². The van der Waals surface area contributed by atoms with Gasteiger partial charge in [0.15, 0.2) is 0 Å². The monoisotopic (exact) mass is 1090 g/mol. The van der Waals surface area contributed by atoms with Gasteiger partial charge in [-0.3, -0.25) is 9.59 Å². The highest BCUT2D eigenvalue weighted by atomic mass is 32.2. The van der Waals surface area contributed by atoms with Crippen molar-refractivity contribution in [3.05, 3.63) is 0 Å². The summed E-state index contributed by atoms with van der Waals surface area (Å²) in [6.07, 6.45) is 12.6. The fraction of sp³-hybridized carbons (Fsp3) is 0.926. The number of carbonyl (C=O) groups is 4. The average Bonchev–Trinajstić information content (AvgIpc) is 3.31. The van der Waals surface area contributed by atoms with E-state index in [1.165, 1.54) is 25.7 Å². The van der Waals surface area contributed by atoms with E-state index >= 15 is 0 Å². The number of nitrogens with one attached hydrogen (secondary N) is 2. The van der Waals surface area contributed by atoms with Gasteiger partial charge in [-0.15, -0.1) is 0 Å². The number of nitrogens with zero attached hydrogens (tertiary/aromatic N) is 4. The molecule has 2 N–H and O–H groups in total. The SMILES string of the molecule is CC(C)C(CCC1CCC(C(=O)OCCOC(=O)NCCCCCCNC(=O)OCCOC(=O)C2CCC(CCC(SCCN(C)C)C(C)C)C(SCCN(C)C)C2)CC1SCCN(C)C)SCCN(C)C. The third-order valence-electron chi connectivity index (χ3n) is 13.9. The smallest absolute Gasteiger partial charge is 0.407 e. The third-order valence-corrected chi connectivity index (χ3v) is 20.0. The van der Waals surface area contributed by atoms with E-state index in [1.54, 1.807) is 0 Å². The number of alkyl carbamates (subject to hydrolysis) is 2. The molecule has 8 unspecified atom stereocenters. The normalized spacial score (nSPS) is 21.4. The molecule has 0 aliphatic heterocycles. The number of ether oxygens (including phenoxy) is 4. The topological polar surface area (TPSA) is 142 Å². The number of carbonyl (C=O) groups excluding carboxylic acids is 4. The van der Waals surface area contributed by atoms with Crippen molar-refractivity contribution >= 4 is 71.2 Å². The Bertz CT molecular complexity index is 1350. The van der Waals surface area contributed by atoms with Crippen LogP contribution in [0, 0.1) is 35.5 Å². The summed E-state index contributed by atoms with van der Waals surface area (Å²) in [5.74, 6) is 6.34. The number of hydrogen-bond acceptors (Lipinski definition) is 16. The lowest BCUT2D eigenvalue weighted by molar-refractivity contribution is -0.151. The fourth-order valence-electron chi connectivity index (χ4n) is 9.28. The van der Waals surface area contributed by atoms with E-state index < -0.39 is 12.2 Å². The highest BCUT2D eigenvalue weighted by molar-refractivity contribution is 8.00. The van der Waals surface area contributed by atoms with Crippen molar-refractivity contribution < 1.29 is 38.1 Å². The first-order valence-electron chi connectivity index (χ1n) is 27.6. The van der Waals surface area contributed by atoms with Crippen LogP contribution in [0.1, 0.15) is 118 Å².